The van der Waals surface area contributed by atoms with Crippen molar-refractivity contribution in [3.05, 3.63) is 22.2 Å². The average Bonchev–Trinajstić information content (AvgIpc) is 2.89. The van der Waals surface area contributed by atoms with Gasteiger partial charge < -0.3 is 10.6 Å². The van der Waals surface area contributed by atoms with Gasteiger partial charge in [-0.15, -0.1) is 0 Å². The molecule has 2 bridgehead atoms. The maximum Gasteiger partial charge on any atom is 0.0744 e. The van der Waals surface area contributed by atoms with E-state index in [2.05, 4.69) is 11.9 Å². The van der Waals surface area contributed by atoms with E-state index < -0.39 is 0 Å². The van der Waals surface area contributed by atoms with E-state index in [0.717, 1.165) is 30.0 Å². The first-order valence-electron chi connectivity index (χ1n) is 7.00. The summed E-state index contributed by atoms with van der Waals surface area (Å²) >= 11 is 12.6. The maximum atomic E-state index is 6.29. The van der Waals surface area contributed by atoms with Crippen LogP contribution in [0.1, 0.15) is 25.7 Å². The summed E-state index contributed by atoms with van der Waals surface area (Å²) in [5, 5.41) is 1.30. The molecule has 3 unspecified atom stereocenters. The summed E-state index contributed by atoms with van der Waals surface area (Å²) in [6.07, 6.45) is 5.65. The van der Waals surface area contributed by atoms with Crippen LogP contribution in [-0.2, 0) is 0 Å². The van der Waals surface area contributed by atoms with Gasteiger partial charge in [-0.05, 0) is 49.1 Å². The average molecular weight is 299 g/mol. The molecule has 3 atom stereocenters. The predicted molar refractivity (Wildman–Crippen MR) is 83.1 cm³/mol. The zero-order valence-electron chi connectivity index (χ0n) is 11.2. The minimum atomic E-state index is 0.618. The molecule has 19 heavy (non-hydrogen) atoms. The quantitative estimate of drug-likeness (QED) is 0.836. The van der Waals surface area contributed by atoms with E-state index in [1.54, 1.807) is 12.1 Å². The number of benzene rings is 1. The molecule has 104 valence electrons. The summed E-state index contributed by atoms with van der Waals surface area (Å²) in [4.78, 5) is 2.20. The van der Waals surface area contributed by atoms with Crippen LogP contribution in [0, 0.1) is 17.8 Å². The highest BCUT2D eigenvalue weighted by Crippen LogP contribution is 2.49. The van der Waals surface area contributed by atoms with Crippen LogP contribution < -0.4 is 10.6 Å². The molecule has 2 N–H and O–H groups in total. The minimum Gasteiger partial charge on any atom is -0.399 e. The number of anilines is 2. The Kier molecular flexibility index (Phi) is 3.57. The van der Waals surface area contributed by atoms with Gasteiger partial charge in [0.05, 0.1) is 15.7 Å². The first-order chi connectivity index (χ1) is 9.04. The lowest BCUT2D eigenvalue weighted by Crippen LogP contribution is -2.29. The summed E-state index contributed by atoms with van der Waals surface area (Å²) in [5.41, 5.74) is 7.29. The molecule has 0 aliphatic heterocycles. The largest absolute Gasteiger partial charge is 0.399 e. The van der Waals surface area contributed by atoms with Crippen LogP contribution in [0.5, 0.6) is 0 Å². The second kappa shape index (κ2) is 5.06. The van der Waals surface area contributed by atoms with Crippen molar-refractivity contribution in [1.82, 2.24) is 0 Å². The number of nitrogens with two attached hydrogens (primary N) is 1. The van der Waals surface area contributed by atoms with Gasteiger partial charge in [-0.25, -0.2) is 0 Å². The Bertz CT molecular complexity index is 466. The lowest BCUT2D eigenvalue weighted by Gasteiger charge is -2.29. The van der Waals surface area contributed by atoms with Crippen molar-refractivity contribution >= 4 is 34.6 Å². The van der Waals surface area contributed by atoms with Gasteiger partial charge in [0, 0.05) is 19.3 Å². The Balaban J connectivity index is 1.75. The molecule has 2 aliphatic rings. The molecule has 0 saturated heterocycles. The summed E-state index contributed by atoms with van der Waals surface area (Å²) in [5.74, 6) is 2.69. The van der Waals surface area contributed by atoms with Crippen molar-refractivity contribution in [2.75, 3.05) is 24.2 Å². The third-order valence-electron chi connectivity index (χ3n) is 4.81. The van der Waals surface area contributed by atoms with Crippen LogP contribution in [0.4, 0.5) is 11.4 Å². The van der Waals surface area contributed by atoms with Crippen LogP contribution in [0.2, 0.25) is 10.0 Å². The molecule has 1 aromatic rings. The Hall–Kier alpha value is -0.600. The van der Waals surface area contributed by atoms with E-state index in [9.17, 15) is 0 Å². The molecule has 0 aromatic heterocycles. The first kappa shape index (κ1) is 13.4. The molecule has 0 amide bonds. The lowest BCUT2D eigenvalue weighted by molar-refractivity contribution is 0.337. The zero-order valence-corrected chi connectivity index (χ0v) is 12.7. The van der Waals surface area contributed by atoms with Crippen molar-refractivity contribution in [2.24, 2.45) is 17.8 Å². The smallest absolute Gasteiger partial charge is 0.0744 e. The summed E-state index contributed by atoms with van der Waals surface area (Å²) in [6, 6.07) is 3.56. The van der Waals surface area contributed by atoms with Gasteiger partial charge in [0.25, 0.3) is 0 Å². The normalized spacial score (nSPS) is 28.9. The van der Waals surface area contributed by atoms with Crippen LogP contribution in [0.3, 0.4) is 0 Å². The lowest BCUT2D eigenvalue weighted by atomic mass is 9.88. The maximum absolute atomic E-state index is 6.29. The Morgan fingerprint density at radius 1 is 1.21 bits per heavy atom. The van der Waals surface area contributed by atoms with E-state index in [1.807, 2.05) is 0 Å². The van der Waals surface area contributed by atoms with E-state index in [4.69, 9.17) is 28.9 Å². The molecule has 3 rings (SSSR count). The number of hydrogen-bond acceptors (Lipinski definition) is 2. The van der Waals surface area contributed by atoms with Crippen molar-refractivity contribution < 1.29 is 0 Å². The van der Waals surface area contributed by atoms with Gasteiger partial charge >= 0.3 is 0 Å². The fourth-order valence-electron chi connectivity index (χ4n) is 3.99. The molecular weight excluding hydrogens is 279 g/mol. The van der Waals surface area contributed by atoms with E-state index in [0.29, 0.717) is 15.7 Å². The minimum absolute atomic E-state index is 0.618. The highest BCUT2D eigenvalue weighted by molar-refractivity contribution is 6.39. The fourth-order valence-corrected chi connectivity index (χ4v) is 4.79. The van der Waals surface area contributed by atoms with Gasteiger partial charge in [-0.2, -0.15) is 0 Å². The number of hydrogen-bond donors (Lipinski definition) is 1. The molecular formula is C15H20Cl2N2. The SMILES string of the molecule is CN(CC1CC2CCC1C2)c1c(Cl)cc(N)cc1Cl. The molecule has 2 nitrogen and oxygen atoms in total. The first-order valence-corrected chi connectivity index (χ1v) is 7.76. The van der Waals surface area contributed by atoms with Crippen LogP contribution in [-0.4, -0.2) is 13.6 Å². The number of halogens is 2. The summed E-state index contributed by atoms with van der Waals surface area (Å²) in [7, 11) is 2.08. The molecule has 1 aromatic carbocycles. The monoisotopic (exact) mass is 298 g/mol. The molecule has 2 fully saturated rings. The molecule has 4 heteroatoms. The third-order valence-corrected chi connectivity index (χ3v) is 5.39. The summed E-state index contributed by atoms with van der Waals surface area (Å²) < 4.78 is 0. The van der Waals surface area contributed by atoms with Crippen LogP contribution in [0.15, 0.2) is 12.1 Å². The van der Waals surface area contributed by atoms with Gasteiger partial charge in [0.2, 0.25) is 0 Å². The standard InChI is InChI=1S/C15H20Cl2N2/c1-19(8-11-5-9-2-3-10(11)4-9)15-13(16)6-12(18)7-14(15)17/h6-7,9-11H,2-5,8,18H2,1H3. The van der Waals surface area contributed by atoms with Gasteiger partial charge in [0.15, 0.2) is 0 Å². The van der Waals surface area contributed by atoms with Gasteiger partial charge in [-0.3, -0.25) is 0 Å². The Morgan fingerprint density at radius 3 is 2.42 bits per heavy atom. The Labute approximate surface area is 124 Å². The topological polar surface area (TPSA) is 29.3 Å². The van der Waals surface area contributed by atoms with Crippen LogP contribution >= 0.6 is 23.2 Å². The van der Waals surface area contributed by atoms with Crippen molar-refractivity contribution in [1.29, 1.82) is 0 Å². The molecule has 0 spiro atoms. The van der Waals surface area contributed by atoms with Gasteiger partial charge in [0.1, 0.15) is 0 Å². The molecule has 0 radical (unpaired) electrons. The molecule has 2 aliphatic carbocycles. The summed E-state index contributed by atoms with van der Waals surface area (Å²) in [6.45, 7) is 1.05. The number of nitrogen functional groups attached to an aromatic ring is 1. The van der Waals surface area contributed by atoms with Crippen molar-refractivity contribution in [3.8, 4) is 0 Å². The molecule has 0 heterocycles. The Morgan fingerprint density at radius 2 is 1.89 bits per heavy atom. The van der Waals surface area contributed by atoms with Gasteiger partial charge in [-0.1, -0.05) is 29.6 Å². The fraction of sp³-hybridized carbons (Fsp3) is 0.600. The number of nitrogens with zero attached hydrogens (tertiary/aromatic N) is 1. The molecule has 2 saturated carbocycles. The van der Waals surface area contributed by atoms with Crippen molar-refractivity contribution in [3.63, 3.8) is 0 Å². The van der Waals surface area contributed by atoms with E-state index in [1.165, 1.54) is 25.7 Å². The van der Waals surface area contributed by atoms with Crippen molar-refractivity contribution in [2.45, 2.75) is 25.7 Å². The zero-order chi connectivity index (χ0) is 13.6. The van der Waals surface area contributed by atoms with E-state index in [-0.39, 0.29) is 0 Å². The van der Waals surface area contributed by atoms with Crippen LogP contribution in [0.25, 0.3) is 0 Å². The highest BCUT2D eigenvalue weighted by Gasteiger charge is 2.39. The second-order valence-corrected chi connectivity index (χ2v) is 6.96. The number of fused-ring (bicyclic) bond motifs is 2. The predicted octanol–water partition coefficient (Wildman–Crippen LogP) is 4.45. The third kappa shape index (κ3) is 2.53. The van der Waals surface area contributed by atoms with E-state index >= 15 is 0 Å². The highest BCUT2D eigenvalue weighted by atomic mass is 35.5. The number of rotatable bonds is 3. The second-order valence-electron chi connectivity index (χ2n) is 6.15.